The van der Waals surface area contributed by atoms with E-state index in [0.29, 0.717) is 34.2 Å². The van der Waals surface area contributed by atoms with Gasteiger partial charge in [0.05, 0.1) is 32.6 Å². The third-order valence-electron chi connectivity index (χ3n) is 4.81. The summed E-state index contributed by atoms with van der Waals surface area (Å²) < 4.78 is 16.3. The summed E-state index contributed by atoms with van der Waals surface area (Å²) in [6, 6.07) is 16.7. The van der Waals surface area contributed by atoms with Crippen LogP contribution in [0.1, 0.15) is 22.2 Å². The molecule has 0 radical (unpaired) electrons. The number of aromatic nitrogens is 1. The molecule has 1 N–H and O–H groups in total. The SMILES string of the molecule is COc1cc(N[C@@H]2c3ncccc3C(=O)N2c2ccccc2)cc(OC)c1OC. The smallest absolute Gasteiger partial charge is 0.262 e. The summed E-state index contributed by atoms with van der Waals surface area (Å²) in [5, 5.41) is 3.40. The highest BCUT2D eigenvalue weighted by atomic mass is 16.5. The van der Waals surface area contributed by atoms with Gasteiger partial charge in [0.15, 0.2) is 17.7 Å². The monoisotopic (exact) mass is 391 g/mol. The molecular formula is C22H21N3O4. The van der Waals surface area contributed by atoms with Crippen molar-refractivity contribution in [3.05, 3.63) is 72.1 Å². The van der Waals surface area contributed by atoms with Crippen molar-refractivity contribution in [2.45, 2.75) is 6.17 Å². The molecule has 0 fully saturated rings. The van der Waals surface area contributed by atoms with E-state index in [2.05, 4.69) is 10.3 Å². The molecule has 2 heterocycles. The molecule has 0 aliphatic carbocycles. The first-order chi connectivity index (χ1) is 14.2. The summed E-state index contributed by atoms with van der Waals surface area (Å²) in [5.74, 6) is 1.43. The number of hydrogen-bond donors (Lipinski definition) is 1. The number of methoxy groups -OCH3 is 3. The molecular weight excluding hydrogens is 370 g/mol. The fourth-order valence-electron chi connectivity index (χ4n) is 3.50. The standard InChI is InChI=1S/C22H21N3O4/c1-27-17-12-14(13-18(28-2)20(17)29-3)24-21-19-16(10-7-11-23-19)22(26)25(21)15-8-5-4-6-9-15/h4-13,21,24H,1-3H3/t21-/m0/s1. The van der Waals surface area contributed by atoms with Crippen LogP contribution < -0.4 is 24.4 Å². The number of rotatable bonds is 6. The van der Waals surface area contributed by atoms with Crippen LogP contribution >= 0.6 is 0 Å². The normalized spacial score (nSPS) is 15.1. The maximum atomic E-state index is 13.1. The van der Waals surface area contributed by atoms with Crippen LogP contribution in [-0.4, -0.2) is 32.2 Å². The van der Waals surface area contributed by atoms with Gasteiger partial charge >= 0.3 is 0 Å². The highest BCUT2D eigenvalue weighted by molar-refractivity contribution is 6.11. The van der Waals surface area contributed by atoms with E-state index >= 15 is 0 Å². The van der Waals surface area contributed by atoms with Gasteiger partial charge in [0.2, 0.25) is 5.75 Å². The van der Waals surface area contributed by atoms with Gasteiger partial charge in [-0.2, -0.15) is 0 Å². The van der Waals surface area contributed by atoms with E-state index in [4.69, 9.17) is 14.2 Å². The molecule has 1 atom stereocenters. The molecule has 4 rings (SSSR count). The van der Waals surface area contributed by atoms with Crippen molar-refractivity contribution in [3.63, 3.8) is 0 Å². The number of para-hydroxylation sites is 1. The molecule has 1 aliphatic heterocycles. The zero-order chi connectivity index (χ0) is 20.4. The summed E-state index contributed by atoms with van der Waals surface area (Å²) in [6.07, 6.45) is 1.20. The average Bonchev–Trinajstić information content (AvgIpc) is 3.05. The molecule has 7 heteroatoms. The number of carbonyl (C=O) groups is 1. The Labute approximate surface area is 168 Å². The topological polar surface area (TPSA) is 72.9 Å². The maximum Gasteiger partial charge on any atom is 0.262 e. The first kappa shape index (κ1) is 18.6. The van der Waals surface area contributed by atoms with Gasteiger partial charge in [-0.25, -0.2) is 0 Å². The molecule has 3 aromatic rings. The lowest BCUT2D eigenvalue weighted by Crippen LogP contribution is -2.32. The largest absolute Gasteiger partial charge is 0.493 e. The van der Waals surface area contributed by atoms with Crippen LogP contribution in [0.25, 0.3) is 0 Å². The van der Waals surface area contributed by atoms with Crippen molar-refractivity contribution in [2.24, 2.45) is 0 Å². The molecule has 2 aromatic carbocycles. The maximum absolute atomic E-state index is 13.1. The van der Waals surface area contributed by atoms with Gasteiger partial charge in [-0.05, 0) is 24.3 Å². The molecule has 0 bridgehead atoms. The number of anilines is 2. The van der Waals surface area contributed by atoms with E-state index in [0.717, 1.165) is 5.69 Å². The minimum Gasteiger partial charge on any atom is -0.493 e. The molecule has 0 unspecified atom stereocenters. The van der Waals surface area contributed by atoms with Gasteiger partial charge < -0.3 is 19.5 Å². The van der Waals surface area contributed by atoms with E-state index in [1.165, 1.54) is 0 Å². The van der Waals surface area contributed by atoms with Crippen molar-refractivity contribution in [1.29, 1.82) is 0 Å². The molecule has 29 heavy (non-hydrogen) atoms. The van der Waals surface area contributed by atoms with Crippen LogP contribution in [0, 0.1) is 0 Å². The highest BCUT2D eigenvalue weighted by Crippen LogP contribution is 2.42. The minimum atomic E-state index is -0.482. The number of fused-ring (bicyclic) bond motifs is 1. The second kappa shape index (κ2) is 7.71. The molecule has 1 aromatic heterocycles. The van der Waals surface area contributed by atoms with Crippen molar-refractivity contribution in [3.8, 4) is 17.2 Å². The first-order valence-corrected chi connectivity index (χ1v) is 9.08. The van der Waals surface area contributed by atoms with Crippen LogP contribution in [0.3, 0.4) is 0 Å². The molecule has 1 amide bonds. The third kappa shape index (κ3) is 3.20. The molecule has 0 saturated heterocycles. The number of benzene rings is 2. The number of hydrogen-bond acceptors (Lipinski definition) is 6. The minimum absolute atomic E-state index is 0.107. The first-order valence-electron chi connectivity index (χ1n) is 9.08. The highest BCUT2D eigenvalue weighted by Gasteiger charge is 2.39. The Morgan fingerprint density at radius 3 is 2.24 bits per heavy atom. The Morgan fingerprint density at radius 1 is 0.931 bits per heavy atom. The van der Waals surface area contributed by atoms with Crippen molar-refractivity contribution < 1.29 is 19.0 Å². The number of ether oxygens (including phenoxy) is 3. The van der Waals surface area contributed by atoms with Gasteiger partial charge in [0, 0.05) is 29.7 Å². The Bertz CT molecular complexity index is 1010. The van der Waals surface area contributed by atoms with Crippen LogP contribution in [-0.2, 0) is 0 Å². The lowest BCUT2D eigenvalue weighted by atomic mass is 10.2. The van der Waals surface area contributed by atoms with Gasteiger partial charge in [-0.1, -0.05) is 18.2 Å². The summed E-state index contributed by atoms with van der Waals surface area (Å²) in [6.45, 7) is 0. The zero-order valence-electron chi connectivity index (χ0n) is 16.4. The predicted octanol–water partition coefficient (Wildman–Crippen LogP) is 3.88. The van der Waals surface area contributed by atoms with Crippen molar-refractivity contribution in [2.75, 3.05) is 31.5 Å². The molecule has 0 saturated carbocycles. The molecule has 7 nitrogen and oxygen atoms in total. The summed E-state index contributed by atoms with van der Waals surface area (Å²) >= 11 is 0. The van der Waals surface area contributed by atoms with E-state index in [1.807, 2.05) is 30.3 Å². The van der Waals surface area contributed by atoms with Crippen LogP contribution in [0.5, 0.6) is 17.2 Å². The number of nitrogens with zero attached hydrogens (tertiary/aromatic N) is 2. The number of nitrogens with one attached hydrogen (secondary N) is 1. The lowest BCUT2D eigenvalue weighted by molar-refractivity contribution is 0.0993. The quantitative estimate of drug-likeness (QED) is 0.688. The fourth-order valence-corrected chi connectivity index (χ4v) is 3.50. The van der Waals surface area contributed by atoms with Gasteiger partial charge in [-0.15, -0.1) is 0 Å². The lowest BCUT2D eigenvalue weighted by Gasteiger charge is -2.27. The van der Waals surface area contributed by atoms with Crippen LogP contribution in [0.4, 0.5) is 11.4 Å². The van der Waals surface area contributed by atoms with Crippen molar-refractivity contribution in [1.82, 2.24) is 4.98 Å². The third-order valence-corrected chi connectivity index (χ3v) is 4.81. The Hall–Kier alpha value is -3.74. The van der Waals surface area contributed by atoms with E-state index in [-0.39, 0.29) is 5.91 Å². The van der Waals surface area contributed by atoms with Crippen molar-refractivity contribution >= 4 is 17.3 Å². The Morgan fingerprint density at radius 2 is 1.62 bits per heavy atom. The number of pyridine rings is 1. The fraction of sp³-hybridized carbons (Fsp3) is 0.182. The van der Waals surface area contributed by atoms with Gasteiger partial charge in [0.25, 0.3) is 5.91 Å². The van der Waals surface area contributed by atoms with Crippen LogP contribution in [0.2, 0.25) is 0 Å². The van der Waals surface area contributed by atoms with Gasteiger partial charge in [0.1, 0.15) is 0 Å². The average molecular weight is 391 g/mol. The summed E-state index contributed by atoms with van der Waals surface area (Å²) in [5.41, 5.74) is 2.72. The van der Waals surface area contributed by atoms with E-state index < -0.39 is 6.17 Å². The number of amides is 1. The molecule has 0 spiro atoms. The Kier molecular flexibility index (Phi) is 4.95. The molecule has 148 valence electrons. The predicted molar refractivity (Wildman–Crippen MR) is 110 cm³/mol. The van der Waals surface area contributed by atoms with E-state index in [1.54, 1.807) is 56.7 Å². The second-order valence-corrected chi connectivity index (χ2v) is 6.41. The summed E-state index contributed by atoms with van der Waals surface area (Å²) in [7, 11) is 4.68. The van der Waals surface area contributed by atoms with Gasteiger partial charge in [-0.3, -0.25) is 14.7 Å². The molecule has 1 aliphatic rings. The number of carbonyl (C=O) groups excluding carboxylic acids is 1. The zero-order valence-corrected chi connectivity index (χ0v) is 16.4. The second-order valence-electron chi connectivity index (χ2n) is 6.41. The Balaban J connectivity index is 1.79. The van der Waals surface area contributed by atoms with Crippen LogP contribution in [0.15, 0.2) is 60.8 Å². The van der Waals surface area contributed by atoms with E-state index in [9.17, 15) is 4.79 Å². The summed E-state index contributed by atoms with van der Waals surface area (Å²) in [4.78, 5) is 19.3.